The zero-order chi connectivity index (χ0) is 20.5. The van der Waals surface area contributed by atoms with Crippen molar-refractivity contribution in [3.05, 3.63) is 82.1 Å². The molecule has 0 amide bonds. The van der Waals surface area contributed by atoms with Gasteiger partial charge in [-0.05, 0) is 50.2 Å². The number of nitrogens with zero attached hydrogens (tertiary/aromatic N) is 2. The van der Waals surface area contributed by atoms with E-state index in [1.807, 2.05) is 26.0 Å². The summed E-state index contributed by atoms with van der Waals surface area (Å²) < 4.78 is 27.4. The number of rotatable bonds is 4. The number of benzene rings is 2. The van der Waals surface area contributed by atoms with Crippen LogP contribution in [0.1, 0.15) is 23.6 Å². The Kier molecular flexibility index (Phi) is 9.29. The van der Waals surface area contributed by atoms with Crippen LogP contribution >= 0.6 is 31.5 Å². The van der Waals surface area contributed by atoms with Crippen LogP contribution in [0, 0.1) is 11.6 Å². The van der Waals surface area contributed by atoms with Gasteiger partial charge in [-0.25, -0.2) is 18.8 Å². The number of thiophene rings is 1. The molecule has 0 aliphatic rings. The van der Waals surface area contributed by atoms with Crippen molar-refractivity contribution >= 4 is 54.3 Å². The molecular formula is C20H16Cl2F2FeN2S. The van der Waals surface area contributed by atoms with Crippen LogP contribution in [0.3, 0.4) is 0 Å². The molecule has 3 aromatic rings. The molecule has 0 fully saturated rings. The number of hydrogen-bond donors (Lipinski definition) is 0. The van der Waals surface area contributed by atoms with E-state index in [9.17, 15) is 8.78 Å². The first-order valence-electron chi connectivity index (χ1n) is 8.01. The Hall–Kier alpha value is -1.56. The summed E-state index contributed by atoms with van der Waals surface area (Å²) in [5.74, 6) is -0.702. The molecule has 0 aliphatic heterocycles. The minimum atomic E-state index is -0.351. The average Bonchev–Trinajstić information content (AvgIpc) is 3.17. The molecule has 0 bridgehead atoms. The second-order valence-corrected chi connectivity index (χ2v) is 8.42. The molecule has 0 aliphatic carbocycles. The Balaban J connectivity index is 0.000000878. The third kappa shape index (κ3) is 6.50. The standard InChI is InChI=1S/C20H16F2N2S.2ClH.Fe/c1-13(23-17-9-5-3-7-15(17)21)19-11-12-20(25-19)14(2)24-18-10-6-4-8-16(18)22;;;/h3-12H,1-2H3;2*1H;/q;;;+2/p-2. The van der Waals surface area contributed by atoms with Crippen LogP contribution in [0.5, 0.6) is 0 Å². The van der Waals surface area contributed by atoms with Gasteiger partial charge in [0.05, 0.1) is 22.8 Å². The van der Waals surface area contributed by atoms with E-state index in [4.69, 9.17) is 20.2 Å². The van der Waals surface area contributed by atoms with Gasteiger partial charge in [0.15, 0.2) is 0 Å². The van der Waals surface area contributed by atoms with Crippen molar-refractivity contribution in [1.29, 1.82) is 0 Å². The third-order valence-electron chi connectivity index (χ3n) is 3.60. The van der Waals surface area contributed by atoms with Crippen molar-refractivity contribution in [2.45, 2.75) is 13.8 Å². The molecule has 0 saturated carbocycles. The van der Waals surface area contributed by atoms with Gasteiger partial charge in [0, 0.05) is 9.75 Å². The normalized spacial score (nSPS) is 11.9. The first kappa shape index (κ1) is 22.7. The van der Waals surface area contributed by atoms with Gasteiger partial charge in [-0.3, -0.25) is 0 Å². The van der Waals surface area contributed by atoms with Crippen LogP contribution in [0.4, 0.5) is 20.2 Å². The van der Waals surface area contributed by atoms with Gasteiger partial charge in [-0.2, -0.15) is 0 Å². The summed E-state index contributed by atoms with van der Waals surface area (Å²) in [6, 6.07) is 16.6. The molecule has 2 aromatic carbocycles. The number of para-hydroxylation sites is 2. The summed E-state index contributed by atoms with van der Waals surface area (Å²) in [6.07, 6.45) is 0. The van der Waals surface area contributed by atoms with Crippen LogP contribution in [-0.4, -0.2) is 11.4 Å². The first-order chi connectivity index (χ1) is 13.5. The molecule has 0 unspecified atom stereocenters. The van der Waals surface area contributed by atoms with E-state index < -0.39 is 0 Å². The van der Waals surface area contributed by atoms with Crippen molar-refractivity contribution in [1.82, 2.24) is 0 Å². The van der Waals surface area contributed by atoms with Crippen molar-refractivity contribution < 1.29 is 21.9 Å². The fourth-order valence-electron chi connectivity index (χ4n) is 2.28. The van der Waals surface area contributed by atoms with E-state index in [2.05, 4.69) is 9.98 Å². The second-order valence-electron chi connectivity index (χ2n) is 5.51. The Bertz CT molecular complexity index is 914. The first-order valence-corrected chi connectivity index (χ1v) is 11.9. The molecule has 148 valence electrons. The second kappa shape index (κ2) is 11.4. The third-order valence-corrected chi connectivity index (χ3v) is 4.90. The molecule has 2 nitrogen and oxygen atoms in total. The van der Waals surface area contributed by atoms with Crippen LogP contribution in [0.15, 0.2) is 70.6 Å². The quantitative estimate of drug-likeness (QED) is 0.270. The molecule has 8 heteroatoms. The van der Waals surface area contributed by atoms with E-state index in [1.165, 1.54) is 23.5 Å². The van der Waals surface area contributed by atoms with Crippen LogP contribution in [0.25, 0.3) is 0 Å². The molecule has 0 radical (unpaired) electrons. The topological polar surface area (TPSA) is 24.7 Å². The van der Waals surface area contributed by atoms with Gasteiger partial charge in [0.2, 0.25) is 0 Å². The summed E-state index contributed by atoms with van der Waals surface area (Å²) >= 11 is 1.69. The molecule has 0 spiro atoms. The number of hydrogen-bond acceptors (Lipinski definition) is 3. The van der Waals surface area contributed by atoms with Gasteiger partial charge in [0.1, 0.15) is 11.6 Å². The zero-order valence-electron chi connectivity index (χ0n) is 14.9. The molecule has 1 heterocycles. The van der Waals surface area contributed by atoms with E-state index in [0.717, 1.165) is 21.2 Å². The molecule has 28 heavy (non-hydrogen) atoms. The Morgan fingerprint density at radius 1 is 0.750 bits per heavy atom. The summed E-state index contributed by atoms with van der Waals surface area (Å²) in [5, 5.41) is 0. The number of halogens is 4. The van der Waals surface area contributed by atoms with E-state index >= 15 is 0 Å². The summed E-state index contributed by atoms with van der Waals surface area (Å²) in [4.78, 5) is 10.5. The maximum atomic E-state index is 13.7. The summed E-state index contributed by atoms with van der Waals surface area (Å²) in [7, 11) is 9.53. The molecule has 0 atom stereocenters. The maximum absolute atomic E-state index is 13.7. The van der Waals surface area contributed by atoms with Crippen molar-refractivity contribution in [2.75, 3.05) is 0 Å². The molecule has 3 rings (SSSR count). The van der Waals surface area contributed by atoms with Crippen molar-refractivity contribution in [3.63, 3.8) is 0 Å². The van der Waals surface area contributed by atoms with Crippen molar-refractivity contribution in [3.8, 4) is 0 Å². The average molecular weight is 481 g/mol. The zero-order valence-corrected chi connectivity index (χ0v) is 18.4. The monoisotopic (exact) mass is 480 g/mol. The van der Waals surface area contributed by atoms with Gasteiger partial charge in [-0.15, -0.1) is 11.3 Å². The van der Waals surface area contributed by atoms with Crippen molar-refractivity contribution in [2.24, 2.45) is 9.98 Å². The van der Waals surface area contributed by atoms with Gasteiger partial charge in [0.25, 0.3) is 0 Å². The van der Waals surface area contributed by atoms with E-state index in [-0.39, 0.29) is 24.8 Å². The SMILES string of the molecule is CC(=Nc1ccccc1F)c1ccc(C(C)=Nc2ccccc2F)s1.[Cl][Fe][Cl]. The van der Waals surface area contributed by atoms with Crippen LogP contribution in [-0.2, 0) is 13.1 Å². The molecule has 0 N–H and O–H groups in total. The number of aliphatic imine (C=N–C) groups is 2. The van der Waals surface area contributed by atoms with Gasteiger partial charge >= 0.3 is 33.3 Å². The van der Waals surface area contributed by atoms with Gasteiger partial charge < -0.3 is 0 Å². The van der Waals surface area contributed by atoms with Gasteiger partial charge in [-0.1, -0.05) is 24.3 Å². The Morgan fingerprint density at radius 2 is 1.11 bits per heavy atom. The Labute approximate surface area is 181 Å². The molecular weight excluding hydrogens is 465 g/mol. The van der Waals surface area contributed by atoms with E-state index in [1.54, 1.807) is 36.4 Å². The summed E-state index contributed by atoms with van der Waals surface area (Å²) in [5.41, 5.74) is 2.07. The molecule has 0 saturated heterocycles. The predicted molar refractivity (Wildman–Crippen MR) is 113 cm³/mol. The Morgan fingerprint density at radius 3 is 1.46 bits per heavy atom. The molecule has 1 aromatic heterocycles. The van der Waals surface area contributed by atoms with E-state index in [0.29, 0.717) is 11.4 Å². The predicted octanol–water partition coefficient (Wildman–Crippen LogP) is 7.68. The minimum absolute atomic E-state index is 0.194. The van der Waals surface area contributed by atoms with Crippen LogP contribution in [0.2, 0.25) is 0 Å². The fourth-order valence-corrected chi connectivity index (χ4v) is 3.18. The summed E-state index contributed by atoms with van der Waals surface area (Å²) in [6.45, 7) is 3.68. The fraction of sp³-hybridized carbons (Fsp3) is 0.100. The van der Waals surface area contributed by atoms with Crippen LogP contribution < -0.4 is 0 Å².